The van der Waals surface area contributed by atoms with Crippen molar-refractivity contribution in [1.29, 1.82) is 0 Å². The van der Waals surface area contributed by atoms with Crippen LogP contribution in [0.2, 0.25) is 0 Å². The van der Waals surface area contributed by atoms with Crippen molar-refractivity contribution in [2.24, 2.45) is 5.92 Å². The molecule has 1 atom stereocenters. The van der Waals surface area contributed by atoms with Crippen molar-refractivity contribution in [3.63, 3.8) is 0 Å². The van der Waals surface area contributed by atoms with Gasteiger partial charge in [0.1, 0.15) is 5.82 Å². The highest BCUT2D eigenvalue weighted by Crippen LogP contribution is 2.33. The summed E-state index contributed by atoms with van der Waals surface area (Å²) in [4.78, 5) is 44.6. The van der Waals surface area contributed by atoms with Gasteiger partial charge in [0.15, 0.2) is 5.69 Å². The molecular formula is C25H37N5O3. The summed E-state index contributed by atoms with van der Waals surface area (Å²) in [5, 5.41) is 0. The summed E-state index contributed by atoms with van der Waals surface area (Å²) in [7, 11) is 1.95. The molecule has 1 aromatic heterocycles. The number of fused-ring (bicyclic) bond motifs is 1. The number of carbonyl (C=O) groups excluding carboxylic acids is 1. The maximum Gasteiger partial charge on any atom is 0.330 e. The van der Waals surface area contributed by atoms with E-state index in [1.165, 1.54) is 20.6 Å². The second-order valence-corrected chi connectivity index (χ2v) is 9.42. The van der Waals surface area contributed by atoms with Gasteiger partial charge in [0, 0.05) is 19.1 Å². The third kappa shape index (κ3) is 5.55. The number of amides is 1. The molecule has 8 nitrogen and oxygen atoms in total. The fraction of sp³-hybridized carbons (Fsp3) is 0.560. The number of aromatic nitrogens is 2. The minimum Gasteiger partial charge on any atom is -0.383 e. The van der Waals surface area contributed by atoms with E-state index in [0.717, 1.165) is 32.1 Å². The van der Waals surface area contributed by atoms with E-state index in [0.29, 0.717) is 13.1 Å². The Balaban J connectivity index is 1.92. The van der Waals surface area contributed by atoms with E-state index in [9.17, 15) is 14.4 Å². The van der Waals surface area contributed by atoms with Crippen molar-refractivity contribution in [2.45, 2.75) is 65.5 Å². The number of unbranched alkanes of at least 4 members (excludes halogenated alkanes) is 1. The number of anilines is 2. The summed E-state index contributed by atoms with van der Waals surface area (Å²) >= 11 is 0. The molecule has 1 aromatic carbocycles. The van der Waals surface area contributed by atoms with Crippen molar-refractivity contribution in [2.75, 3.05) is 30.8 Å². The van der Waals surface area contributed by atoms with Crippen molar-refractivity contribution in [1.82, 2.24) is 14.5 Å². The van der Waals surface area contributed by atoms with Crippen molar-refractivity contribution < 1.29 is 4.79 Å². The van der Waals surface area contributed by atoms with Crippen LogP contribution < -0.4 is 21.9 Å². The number of hydrogen-bond acceptors (Lipinski definition) is 5. The average Bonchev–Trinajstić information content (AvgIpc) is 2.78. The number of aromatic amines is 1. The lowest BCUT2D eigenvalue weighted by Gasteiger charge is -2.34. The predicted octanol–water partition coefficient (Wildman–Crippen LogP) is 2.92. The maximum atomic E-state index is 13.5. The summed E-state index contributed by atoms with van der Waals surface area (Å²) in [6.07, 6.45) is 4.70. The molecular weight excluding hydrogens is 418 g/mol. The van der Waals surface area contributed by atoms with Crippen LogP contribution in [-0.2, 0) is 17.8 Å². The summed E-state index contributed by atoms with van der Waals surface area (Å²) < 4.78 is 1.36. The molecule has 33 heavy (non-hydrogen) atoms. The molecule has 3 N–H and O–H groups in total. The summed E-state index contributed by atoms with van der Waals surface area (Å²) in [6, 6.07) is 8.54. The first-order chi connectivity index (χ1) is 15.7. The monoisotopic (exact) mass is 455 g/mol. The second-order valence-electron chi connectivity index (χ2n) is 9.42. The van der Waals surface area contributed by atoms with Crippen molar-refractivity contribution >= 4 is 17.4 Å². The Morgan fingerprint density at radius 1 is 1.27 bits per heavy atom. The Morgan fingerprint density at radius 2 is 2.00 bits per heavy atom. The lowest BCUT2D eigenvalue weighted by atomic mass is 9.87. The number of nitrogens with two attached hydrogens (primary N) is 1. The fourth-order valence-corrected chi connectivity index (χ4v) is 4.66. The number of nitrogen functional groups attached to an aromatic ring is 1. The van der Waals surface area contributed by atoms with Crippen LogP contribution in [-0.4, -0.2) is 40.5 Å². The number of aryl methyl sites for hydroxylation is 1. The summed E-state index contributed by atoms with van der Waals surface area (Å²) in [5.74, 6) is 0.00886. The van der Waals surface area contributed by atoms with Crippen molar-refractivity contribution in [3.8, 4) is 0 Å². The third-order valence-corrected chi connectivity index (χ3v) is 6.32. The zero-order chi connectivity index (χ0) is 24.1. The molecule has 0 aliphatic heterocycles. The molecule has 180 valence electrons. The van der Waals surface area contributed by atoms with Gasteiger partial charge in [0.05, 0.1) is 6.54 Å². The molecule has 1 aliphatic rings. The van der Waals surface area contributed by atoms with Crippen LogP contribution in [0.1, 0.15) is 63.6 Å². The van der Waals surface area contributed by atoms with Crippen LogP contribution in [0.25, 0.3) is 0 Å². The van der Waals surface area contributed by atoms with Gasteiger partial charge in [0.2, 0.25) is 5.91 Å². The normalized spacial score (nSPS) is 15.6. The number of nitrogens with zero attached hydrogens (tertiary/aromatic N) is 3. The highest BCUT2D eigenvalue weighted by atomic mass is 16.2. The molecule has 1 unspecified atom stereocenters. The number of carbonyl (C=O) groups is 1. The number of hydrogen-bond donors (Lipinski definition) is 2. The highest BCUT2D eigenvalue weighted by molar-refractivity contribution is 5.96. The van der Waals surface area contributed by atoms with Gasteiger partial charge < -0.3 is 10.6 Å². The Morgan fingerprint density at radius 3 is 2.70 bits per heavy atom. The molecule has 1 amide bonds. The minimum absolute atomic E-state index is 0.0487. The fourth-order valence-electron chi connectivity index (χ4n) is 4.66. The number of likely N-dealkylation sites (N-methyl/N-ethyl adjacent to an activating group) is 1. The van der Waals surface area contributed by atoms with E-state index < -0.39 is 11.2 Å². The van der Waals surface area contributed by atoms with Gasteiger partial charge in [-0.2, -0.15) is 0 Å². The van der Waals surface area contributed by atoms with E-state index in [1.54, 1.807) is 0 Å². The molecule has 3 rings (SSSR count). The standard InChI is InChI=1S/C25H37N5O3/c1-5-6-14-29(22-23(26)30(15-17(2)3)25(33)27-24(22)32)21(31)16-28(4)20-13-9-11-18-10-7-8-12-19(18)20/h7-8,10,12,17,20H,5-6,9,11,13-16,26H2,1-4H3,(H,27,32,33). The van der Waals surface area contributed by atoms with Gasteiger partial charge in [-0.25, -0.2) is 4.79 Å². The van der Waals surface area contributed by atoms with Crippen molar-refractivity contribution in [3.05, 3.63) is 56.2 Å². The summed E-state index contributed by atoms with van der Waals surface area (Å²) in [6.45, 7) is 6.85. The Hall–Kier alpha value is -2.87. The van der Waals surface area contributed by atoms with Crippen LogP contribution >= 0.6 is 0 Å². The summed E-state index contributed by atoms with van der Waals surface area (Å²) in [5.41, 5.74) is 7.82. The largest absolute Gasteiger partial charge is 0.383 e. The van der Waals surface area contributed by atoms with E-state index in [-0.39, 0.29) is 35.9 Å². The molecule has 0 saturated carbocycles. The van der Waals surface area contributed by atoms with Crippen LogP contribution in [0.4, 0.5) is 11.5 Å². The average molecular weight is 456 g/mol. The van der Waals surface area contributed by atoms with Crippen LogP contribution in [0.15, 0.2) is 33.9 Å². The smallest absolute Gasteiger partial charge is 0.330 e. The Labute approximate surface area is 195 Å². The van der Waals surface area contributed by atoms with Crippen LogP contribution in [0.5, 0.6) is 0 Å². The van der Waals surface area contributed by atoms with Crippen LogP contribution in [0, 0.1) is 5.92 Å². The lowest BCUT2D eigenvalue weighted by Crippen LogP contribution is -2.46. The first-order valence-corrected chi connectivity index (χ1v) is 12.0. The molecule has 0 radical (unpaired) electrons. The number of H-pyrrole nitrogens is 1. The maximum absolute atomic E-state index is 13.5. The molecule has 0 bridgehead atoms. The van der Waals surface area contributed by atoms with Gasteiger partial charge in [-0.1, -0.05) is 51.5 Å². The Bertz CT molecular complexity index is 1090. The molecule has 0 spiro atoms. The lowest BCUT2D eigenvalue weighted by molar-refractivity contribution is -0.120. The second kappa shape index (κ2) is 10.8. The first-order valence-electron chi connectivity index (χ1n) is 12.0. The quantitative estimate of drug-likeness (QED) is 0.605. The van der Waals surface area contributed by atoms with E-state index in [4.69, 9.17) is 5.73 Å². The Kier molecular flexibility index (Phi) is 8.13. The number of nitrogens with one attached hydrogen (secondary N) is 1. The van der Waals surface area contributed by atoms with Gasteiger partial charge in [0.25, 0.3) is 5.56 Å². The first kappa shape index (κ1) is 24.8. The van der Waals surface area contributed by atoms with Gasteiger partial charge in [-0.3, -0.25) is 24.0 Å². The minimum atomic E-state index is -0.618. The zero-order valence-corrected chi connectivity index (χ0v) is 20.3. The highest BCUT2D eigenvalue weighted by Gasteiger charge is 2.29. The van der Waals surface area contributed by atoms with E-state index >= 15 is 0 Å². The number of benzene rings is 1. The van der Waals surface area contributed by atoms with E-state index in [1.807, 2.05) is 33.9 Å². The van der Waals surface area contributed by atoms with Gasteiger partial charge in [-0.15, -0.1) is 0 Å². The molecule has 1 heterocycles. The zero-order valence-electron chi connectivity index (χ0n) is 20.3. The number of rotatable bonds is 9. The molecule has 0 fully saturated rings. The SMILES string of the molecule is CCCCN(C(=O)CN(C)C1CCCc2ccccc21)c1c(N)n(CC(C)C)c(=O)[nH]c1=O. The molecule has 8 heteroatoms. The molecule has 2 aromatic rings. The third-order valence-electron chi connectivity index (χ3n) is 6.32. The van der Waals surface area contributed by atoms with Crippen LogP contribution in [0.3, 0.4) is 0 Å². The predicted molar refractivity (Wildman–Crippen MR) is 133 cm³/mol. The van der Waals surface area contributed by atoms with Gasteiger partial charge >= 0.3 is 5.69 Å². The van der Waals surface area contributed by atoms with Gasteiger partial charge in [-0.05, 0) is 49.8 Å². The molecule has 0 saturated heterocycles. The van der Waals surface area contributed by atoms with E-state index in [2.05, 4.69) is 28.1 Å². The molecule has 1 aliphatic carbocycles. The topological polar surface area (TPSA) is 104 Å².